The van der Waals surface area contributed by atoms with Crippen molar-refractivity contribution in [2.75, 3.05) is 33.5 Å². The number of rotatable bonds is 1. The van der Waals surface area contributed by atoms with Crippen molar-refractivity contribution in [3.63, 3.8) is 0 Å². The Balaban J connectivity index is 1.44. The Kier molecular flexibility index (Phi) is 8.44. The average molecular weight is 529 g/mol. The van der Waals surface area contributed by atoms with E-state index in [0.29, 0.717) is 25.6 Å². The Morgan fingerprint density at radius 2 is 1.92 bits per heavy atom. The second-order valence-corrected chi connectivity index (χ2v) is 9.52. The molecule has 2 aromatic carbocycles. The number of carbonyl (C=O) groups excluding carboxylic acids is 2. The highest BCUT2D eigenvalue weighted by atomic mass is 16.5. The van der Waals surface area contributed by atoms with Crippen LogP contribution >= 0.6 is 0 Å². The Labute approximate surface area is 227 Å². The predicted octanol–water partition coefficient (Wildman–Crippen LogP) is 4.05. The Morgan fingerprint density at radius 3 is 2.77 bits per heavy atom. The number of nitrogens with zero attached hydrogens (tertiary/aromatic N) is 2. The summed E-state index contributed by atoms with van der Waals surface area (Å²) >= 11 is 0. The van der Waals surface area contributed by atoms with Gasteiger partial charge in [-0.2, -0.15) is 0 Å². The summed E-state index contributed by atoms with van der Waals surface area (Å²) in [4.78, 5) is 35.2. The van der Waals surface area contributed by atoms with Crippen LogP contribution < -0.4 is 10.1 Å². The molecule has 2 aliphatic rings. The number of carbonyl (C=O) groups is 2. The van der Waals surface area contributed by atoms with Crippen molar-refractivity contribution in [2.24, 2.45) is 0 Å². The topological polar surface area (TPSA) is 106 Å². The van der Waals surface area contributed by atoms with E-state index >= 15 is 0 Å². The standard InChI is InChI=1S/C30H32N4O5/c1-37-30(36)33-25-20-38-16-5-6-17-39-27-18-22(12-11-21-8-3-2-4-9-21)13-14-23(27)24-19-31-28(32-24)26-10-7-15-34(26)29(25)35/h2-4,8-9,13-14,18-19,25-26H,5-7,10,15-17,20H2,1H3,(H,31,32)(H,33,36)/t25-,26-/m0/s1. The largest absolute Gasteiger partial charge is 0.493 e. The van der Waals surface area contributed by atoms with Gasteiger partial charge in [0, 0.05) is 29.8 Å². The van der Waals surface area contributed by atoms with Gasteiger partial charge < -0.3 is 29.4 Å². The zero-order valence-corrected chi connectivity index (χ0v) is 21.9. The highest BCUT2D eigenvalue weighted by molar-refractivity contribution is 5.86. The number of hydrogen-bond acceptors (Lipinski definition) is 6. The van der Waals surface area contributed by atoms with Gasteiger partial charge in [-0.25, -0.2) is 9.78 Å². The molecule has 1 fully saturated rings. The first-order chi connectivity index (χ1) is 19.1. The first-order valence-electron chi connectivity index (χ1n) is 13.2. The van der Waals surface area contributed by atoms with Crippen LogP contribution in [0.5, 0.6) is 5.75 Å². The Morgan fingerprint density at radius 1 is 1.10 bits per heavy atom. The number of H-pyrrole nitrogens is 1. The first kappa shape index (κ1) is 26.3. The SMILES string of the molecule is COC(=O)N[C@H]1COCCCCOc2cc(C#Cc3ccccc3)ccc2-c2cnc([nH]2)[C@@H]2CCCN2C1=O. The lowest BCUT2D eigenvalue weighted by Gasteiger charge is -2.28. The van der Waals surface area contributed by atoms with Crippen molar-refractivity contribution >= 4 is 12.0 Å². The number of benzene rings is 2. The van der Waals surface area contributed by atoms with E-state index in [1.165, 1.54) is 7.11 Å². The molecule has 5 rings (SSSR count). The molecule has 0 spiro atoms. The molecule has 2 aliphatic heterocycles. The smallest absolute Gasteiger partial charge is 0.407 e. The summed E-state index contributed by atoms with van der Waals surface area (Å²) in [6.45, 7) is 1.57. The number of ether oxygens (including phenoxy) is 3. The lowest BCUT2D eigenvalue weighted by molar-refractivity contribution is -0.136. The number of amides is 2. The van der Waals surface area contributed by atoms with Gasteiger partial charge in [-0.3, -0.25) is 4.79 Å². The van der Waals surface area contributed by atoms with Crippen molar-refractivity contribution in [3.05, 3.63) is 71.7 Å². The quantitative estimate of drug-likeness (QED) is 0.462. The van der Waals surface area contributed by atoms with E-state index in [2.05, 4.69) is 27.1 Å². The second-order valence-electron chi connectivity index (χ2n) is 9.52. The number of alkyl carbamates (subject to hydrolysis) is 1. The third kappa shape index (κ3) is 6.41. The highest BCUT2D eigenvalue weighted by Gasteiger charge is 2.36. The molecule has 0 aliphatic carbocycles. The summed E-state index contributed by atoms with van der Waals surface area (Å²) in [5.41, 5.74) is 3.49. The summed E-state index contributed by atoms with van der Waals surface area (Å²) in [7, 11) is 1.27. The van der Waals surface area contributed by atoms with Crippen LogP contribution in [0.4, 0.5) is 4.79 Å². The number of aromatic nitrogens is 2. The van der Waals surface area contributed by atoms with E-state index < -0.39 is 12.1 Å². The van der Waals surface area contributed by atoms with Crippen LogP contribution in [0.1, 0.15) is 48.7 Å². The average Bonchev–Trinajstić information content (AvgIpc) is 3.65. The molecule has 0 radical (unpaired) electrons. The fraction of sp³-hybridized carbons (Fsp3) is 0.367. The molecule has 1 aromatic heterocycles. The number of imidazole rings is 1. The first-order valence-corrected chi connectivity index (χ1v) is 13.2. The maximum Gasteiger partial charge on any atom is 0.407 e. The minimum Gasteiger partial charge on any atom is -0.493 e. The van der Waals surface area contributed by atoms with Gasteiger partial charge in [0.25, 0.3) is 0 Å². The van der Waals surface area contributed by atoms with Crippen LogP contribution in [-0.4, -0.2) is 66.4 Å². The molecule has 202 valence electrons. The molecule has 2 bridgehead atoms. The number of methoxy groups -OCH3 is 1. The fourth-order valence-corrected chi connectivity index (χ4v) is 4.83. The van der Waals surface area contributed by atoms with Gasteiger partial charge in [-0.1, -0.05) is 30.0 Å². The summed E-state index contributed by atoms with van der Waals surface area (Å²) in [5, 5.41) is 2.63. The summed E-state index contributed by atoms with van der Waals surface area (Å²) in [6, 6.07) is 14.7. The van der Waals surface area contributed by atoms with Gasteiger partial charge in [-0.05, 0) is 56.0 Å². The minimum absolute atomic E-state index is 0.0632. The van der Waals surface area contributed by atoms with Crippen LogP contribution in [0.15, 0.2) is 54.7 Å². The van der Waals surface area contributed by atoms with Crippen LogP contribution in [0.2, 0.25) is 0 Å². The molecule has 3 aromatic rings. The summed E-state index contributed by atoms with van der Waals surface area (Å²) < 4.78 is 16.8. The summed E-state index contributed by atoms with van der Waals surface area (Å²) in [5.74, 6) is 7.64. The maximum atomic E-state index is 13.5. The molecule has 2 amide bonds. The molecule has 0 unspecified atom stereocenters. The van der Waals surface area contributed by atoms with E-state index in [1.807, 2.05) is 48.5 Å². The van der Waals surface area contributed by atoms with E-state index in [-0.39, 0.29) is 18.6 Å². The molecule has 9 heteroatoms. The van der Waals surface area contributed by atoms with Crippen LogP contribution in [0, 0.1) is 11.8 Å². The van der Waals surface area contributed by atoms with E-state index in [1.54, 1.807) is 11.1 Å². The fourth-order valence-electron chi connectivity index (χ4n) is 4.83. The summed E-state index contributed by atoms with van der Waals surface area (Å²) in [6.07, 6.45) is 4.20. The molecule has 3 heterocycles. The van der Waals surface area contributed by atoms with Gasteiger partial charge in [0.05, 0.1) is 38.3 Å². The molecule has 2 N–H and O–H groups in total. The van der Waals surface area contributed by atoms with Gasteiger partial charge in [0.1, 0.15) is 17.6 Å². The molecule has 1 saturated heterocycles. The van der Waals surface area contributed by atoms with Gasteiger partial charge >= 0.3 is 6.09 Å². The molecular formula is C30H32N4O5. The van der Waals surface area contributed by atoms with E-state index in [4.69, 9.17) is 14.2 Å². The van der Waals surface area contributed by atoms with Crippen molar-refractivity contribution in [1.29, 1.82) is 0 Å². The maximum absolute atomic E-state index is 13.5. The van der Waals surface area contributed by atoms with Crippen molar-refractivity contribution in [2.45, 2.75) is 37.8 Å². The number of aromatic amines is 1. The van der Waals surface area contributed by atoms with Crippen molar-refractivity contribution in [3.8, 4) is 28.8 Å². The highest BCUT2D eigenvalue weighted by Crippen LogP contribution is 2.35. The zero-order valence-electron chi connectivity index (χ0n) is 21.9. The Bertz CT molecular complexity index is 1360. The lowest BCUT2D eigenvalue weighted by atomic mass is 10.1. The van der Waals surface area contributed by atoms with Gasteiger partial charge in [-0.15, -0.1) is 0 Å². The number of nitrogens with one attached hydrogen (secondary N) is 2. The number of hydrogen-bond donors (Lipinski definition) is 2. The lowest BCUT2D eigenvalue weighted by Crippen LogP contribution is -2.50. The van der Waals surface area contributed by atoms with Crippen LogP contribution in [0.3, 0.4) is 0 Å². The normalized spacial score (nSPS) is 19.6. The minimum atomic E-state index is -0.840. The van der Waals surface area contributed by atoms with Gasteiger partial charge in [0.15, 0.2) is 0 Å². The molecule has 2 atom stereocenters. The molecule has 9 nitrogen and oxygen atoms in total. The molecular weight excluding hydrogens is 496 g/mol. The third-order valence-electron chi connectivity index (χ3n) is 6.84. The second kappa shape index (κ2) is 12.5. The predicted molar refractivity (Wildman–Crippen MR) is 145 cm³/mol. The van der Waals surface area contributed by atoms with Crippen molar-refractivity contribution in [1.82, 2.24) is 20.2 Å². The van der Waals surface area contributed by atoms with Crippen LogP contribution in [0.25, 0.3) is 11.3 Å². The van der Waals surface area contributed by atoms with Crippen LogP contribution in [-0.2, 0) is 14.3 Å². The Hall–Kier alpha value is -4.29. The van der Waals surface area contributed by atoms with E-state index in [9.17, 15) is 9.59 Å². The third-order valence-corrected chi connectivity index (χ3v) is 6.84. The van der Waals surface area contributed by atoms with Crippen molar-refractivity contribution < 1.29 is 23.8 Å². The number of fused-ring (bicyclic) bond motifs is 6. The zero-order chi connectivity index (χ0) is 27.0. The van der Waals surface area contributed by atoms with Gasteiger partial charge in [0.2, 0.25) is 5.91 Å². The monoisotopic (exact) mass is 528 g/mol. The molecule has 39 heavy (non-hydrogen) atoms. The molecule has 0 saturated carbocycles. The van der Waals surface area contributed by atoms with E-state index in [0.717, 1.165) is 53.8 Å².